The van der Waals surface area contributed by atoms with Crippen LogP contribution in [0.5, 0.6) is 0 Å². The van der Waals surface area contributed by atoms with Crippen molar-refractivity contribution in [2.45, 2.75) is 16.7 Å². The van der Waals surface area contributed by atoms with E-state index in [0.29, 0.717) is 0 Å². The molecule has 2 nitrogen and oxygen atoms in total. The predicted octanol–water partition coefficient (Wildman–Crippen LogP) is 4.70. The molecule has 1 aromatic heterocycles. The summed E-state index contributed by atoms with van der Waals surface area (Å²) in [5, 5.41) is 1.17. The number of nitrogens with zero attached hydrogens (tertiary/aromatic N) is 1. The van der Waals surface area contributed by atoms with E-state index in [1.807, 2.05) is 49.4 Å². The van der Waals surface area contributed by atoms with Gasteiger partial charge in [0.25, 0.3) is 0 Å². The molecule has 0 spiro atoms. The topological polar surface area (TPSA) is 38.9 Å². The summed E-state index contributed by atoms with van der Waals surface area (Å²) < 4.78 is 0. The van der Waals surface area contributed by atoms with Crippen LogP contribution in [-0.2, 0) is 0 Å². The number of hydrogen-bond acceptors (Lipinski definition) is 3. The normalized spacial score (nSPS) is 10.2. The number of halogens is 1. The van der Waals surface area contributed by atoms with Crippen LogP contribution in [0.3, 0.4) is 0 Å². The van der Waals surface area contributed by atoms with Gasteiger partial charge in [-0.25, -0.2) is 0 Å². The molecule has 0 aliphatic rings. The lowest BCUT2D eigenvalue weighted by atomic mass is 10.2. The van der Waals surface area contributed by atoms with E-state index in [1.165, 1.54) is 10.3 Å². The van der Waals surface area contributed by atoms with Gasteiger partial charge in [-0.15, -0.1) is 12.4 Å². The molecule has 2 aromatic carbocycles. The van der Waals surface area contributed by atoms with Crippen LogP contribution in [0.15, 0.2) is 64.4 Å². The molecule has 3 aromatic rings. The number of nitrogen functional groups attached to an aromatic ring is 1. The Bertz CT molecular complexity index is 743. The molecule has 0 atom stereocenters. The molecule has 0 aliphatic heterocycles. The average molecular weight is 303 g/mol. The van der Waals surface area contributed by atoms with Gasteiger partial charge in [0.15, 0.2) is 0 Å². The summed E-state index contributed by atoms with van der Waals surface area (Å²) in [6.45, 7) is 2.02. The highest BCUT2D eigenvalue weighted by molar-refractivity contribution is 7.99. The molecule has 0 bridgehead atoms. The fourth-order valence-electron chi connectivity index (χ4n) is 2.05. The molecular formula is C16H15ClN2S. The van der Waals surface area contributed by atoms with Crippen molar-refractivity contribution in [1.29, 1.82) is 0 Å². The van der Waals surface area contributed by atoms with Crippen LogP contribution in [0, 0.1) is 6.92 Å². The third-order valence-electron chi connectivity index (χ3n) is 2.95. The van der Waals surface area contributed by atoms with Gasteiger partial charge in [-0.05, 0) is 31.2 Å². The first-order chi connectivity index (χ1) is 9.24. The van der Waals surface area contributed by atoms with Gasteiger partial charge in [0.05, 0.1) is 5.52 Å². The van der Waals surface area contributed by atoms with Crippen LogP contribution in [0.2, 0.25) is 0 Å². The molecule has 0 aliphatic carbocycles. The van der Waals surface area contributed by atoms with E-state index < -0.39 is 0 Å². The van der Waals surface area contributed by atoms with Crippen LogP contribution in [0.4, 0.5) is 5.69 Å². The first-order valence-corrected chi connectivity index (χ1v) is 6.94. The Morgan fingerprint density at radius 1 is 0.950 bits per heavy atom. The number of nitrogens with two attached hydrogens (primary N) is 1. The van der Waals surface area contributed by atoms with Gasteiger partial charge < -0.3 is 5.73 Å². The van der Waals surface area contributed by atoms with Crippen LogP contribution >= 0.6 is 24.2 Å². The third kappa shape index (κ3) is 2.89. The summed E-state index contributed by atoms with van der Waals surface area (Å²) in [6.07, 6.45) is 0. The van der Waals surface area contributed by atoms with Gasteiger partial charge in [0.1, 0.15) is 0 Å². The lowest BCUT2D eigenvalue weighted by molar-refractivity contribution is 1.22. The Kier molecular flexibility index (Phi) is 4.53. The van der Waals surface area contributed by atoms with E-state index in [-0.39, 0.29) is 12.4 Å². The molecule has 20 heavy (non-hydrogen) atoms. The summed E-state index contributed by atoms with van der Waals surface area (Å²) in [7, 11) is 0. The minimum atomic E-state index is 0. The standard InChI is InChI=1S/C16H14N2S.ClH/c1-11-10-16(12-6-2-4-8-14(12)18-11)19-15-9-5-3-7-13(15)17;/h2-10H,17H2,1H3;1H. The second kappa shape index (κ2) is 6.16. The van der Waals surface area contributed by atoms with Crippen LogP contribution < -0.4 is 5.73 Å². The van der Waals surface area contributed by atoms with Crippen molar-refractivity contribution in [3.8, 4) is 0 Å². The number of aromatic nitrogens is 1. The predicted molar refractivity (Wildman–Crippen MR) is 88.7 cm³/mol. The first-order valence-electron chi connectivity index (χ1n) is 6.13. The number of anilines is 1. The van der Waals surface area contributed by atoms with Crippen molar-refractivity contribution in [2.24, 2.45) is 0 Å². The highest BCUT2D eigenvalue weighted by atomic mass is 35.5. The SMILES string of the molecule is Cc1cc(Sc2ccccc2N)c2ccccc2n1.Cl. The number of benzene rings is 2. The molecule has 3 rings (SSSR count). The molecule has 102 valence electrons. The largest absolute Gasteiger partial charge is 0.398 e. The van der Waals surface area contributed by atoms with E-state index in [1.54, 1.807) is 11.8 Å². The summed E-state index contributed by atoms with van der Waals surface area (Å²) in [5.74, 6) is 0. The maximum atomic E-state index is 6.01. The fourth-order valence-corrected chi connectivity index (χ4v) is 3.13. The third-order valence-corrected chi connectivity index (χ3v) is 4.09. The zero-order chi connectivity index (χ0) is 13.2. The van der Waals surface area contributed by atoms with Gasteiger partial charge in [-0.3, -0.25) is 4.98 Å². The van der Waals surface area contributed by atoms with Crippen LogP contribution in [-0.4, -0.2) is 4.98 Å². The molecule has 0 fully saturated rings. The lowest BCUT2D eigenvalue weighted by Gasteiger charge is -2.09. The summed E-state index contributed by atoms with van der Waals surface area (Å²) in [6, 6.07) is 18.2. The van der Waals surface area contributed by atoms with Crippen molar-refractivity contribution >= 4 is 40.8 Å². The van der Waals surface area contributed by atoms with Gasteiger partial charge in [-0.1, -0.05) is 42.1 Å². The van der Waals surface area contributed by atoms with Gasteiger partial charge in [0.2, 0.25) is 0 Å². The Balaban J connectivity index is 0.00000147. The zero-order valence-electron chi connectivity index (χ0n) is 11.0. The molecule has 0 saturated carbocycles. The summed E-state index contributed by atoms with van der Waals surface area (Å²) >= 11 is 1.69. The van der Waals surface area contributed by atoms with Gasteiger partial charge in [0, 0.05) is 26.6 Å². The van der Waals surface area contributed by atoms with E-state index in [9.17, 15) is 0 Å². The number of fused-ring (bicyclic) bond motifs is 1. The van der Waals surface area contributed by atoms with Gasteiger partial charge in [-0.2, -0.15) is 0 Å². The number of para-hydroxylation sites is 2. The summed E-state index contributed by atoms with van der Waals surface area (Å²) in [5.41, 5.74) is 8.88. The highest BCUT2D eigenvalue weighted by Crippen LogP contribution is 2.36. The minimum Gasteiger partial charge on any atom is -0.398 e. The second-order valence-corrected chi connectivity index (χ2v) is 5.50. The zero-order valence-corrected chi connectivity index (χ0v) is 12.7. The molecule has 2 N–H and O–H groups in total. The molecule has 0 saturated heterocycles. The number of pyridine rings is 1. The Labute approximate surface area is 128 Å². The average Bonchev–Trinajstić information content (AvgIpc) is 2.41. The Hall–Kier alpha value is -1.71. The Morgan fingerprint density at radius 3 is 2.45 bits per heavy atom. The number of aryl methyl sites for hydroxylation is 1. The van der Waals surface area contributed by atoms with E-state index in [4.69, 9.17) is 5.73 Å². The minimum absolute atomic E-state index is 0. The highest BCUT2D eigenvalue weighted by Gasteiger charge is 2.07. The van der Waals surface area contributed by atoms with E-state index >= 15 is 0 Å². The number of hydrogen-bond donors (Lipinski definition) is 1. The molecule has 1 heterocycles. The van der Waals surface area contributed by atoms with Crippen molar-refractivity contribution in [3.63, 3.8) is 0 Å². The second-order valence-electron chi connectivity index (χ2n) is 4.42. The van der Waals surface area contributed by atoms with Crippen LogP contribution in [0.1, 0.15) is 5.69 Å². The Morgan fingerprint density at radius 2 is 1.65 bits per heavy atom. The van der Waals surface area contributed by atoms with Crippen molar-refractivity contribution in [3.05, 3.63) is 60.3 Å². The van der Waals surface area contributed by atoms with Crippen molar-refractivity contribution < 1.29 is 0 Å². The maximum Gasteiger partial charge on any atom is 0.0716 e. The first kappa shape index (κ1) is 14.7. The van der Waals surface area contributed by atoms with Crippen molar-refractivity contribution in [2.75, 3.05) is 5.73 Å². The lowest BCUT2D eigenvalue weighted by Crippen LogP contribution is -1.89. The monoisotopic (exact) mass is 302 g/mol. The molecular weight excluding hydrogens is 288 g/mol. The van der Waals surface area contributed by atoms with E-state index in [0.717, 1.165) is 21.8 Å². The smallest absolute Gasteiger partial charge is 0.0716 e. The summed E-state index contributed by atoms with van der Waals surface area (Å²) in [4.78, 5) is 6.83. The van der Waals surface area contributed by atoms with E-state index in [2.05, 4.69) is 17.1 Å². The number of rotatable bonds is 2. The maximum absolute atomic E-state index is 6.01. The molecule has 4 heteroatoms. The molecule has 0 unspecified atom stereocenters. The van der Waals surface area contributed by atoms with Crippen molar-refractivity contribution in [1.82, 2.24) is 4.98 Å². The quantitative estimate of drug-likeness (QED) is 0.697. The fraction of sp³-hybridized carbons (Fsp3) is 0.0625. The molecule has 0 amide bonds. The van der Waals surface area contributed by atoms with Gasteiger partial charge >= 0.3 is 0 Å². The molecule has 0 radical (unpaired) electrons. The van der Waals surface area contributed by atoms with Crippen LogP contribution in [0.25, 0.3) is 10.9 Å².